The van der Waals surface area contributed by atoms with Crippen LogP contribution in [0.3, 0.4) is 0 Å². The summed E-state index contributed by atoms with van der Waals surface area (Å²) in [5.41, 5.74) is -1.69. The molecular formula is C26H46N2O3. The Balaban J connectivity index is 1.94. The van der Waals surface area contributed by atoms with Crippen molar-refractivity contribution < 1.29 is 14.3 Å². The van der Waals surface area contributed by atoms with Gasteiger partial charge < -0.3 is 15.0 Å². The fourth-order valence-electron chi connectivity index (χ4n) is 6.72. The minimum Gasteiger partial charge on any atom is -0.339 e. The molecule has 2 aliphatic heterocycles. The van der Waals surface area contributed by atoms with E-state index in [1.807, 2.05) is 4.90 Å². The van der Waals surface area contributed by atoms with Gasteiger partial charge in [0.1, 0.15) is 11.5 Å². The van der Waals surface area contributed by atoms with Gasteiger partial charge in [-0.25, -0.2) is 0 Å². The number of nitrogens with one attached hydrogen (secondary N) is 1. The van der Waals surface area contributed by atoms with Gasteiger partial charge in [-0.15, -0.1) is 0 Å². The van der Waals surface area contributed by atoms with Gasteiger partial charge in [0, 0.05) is 36.9 Å². The highest BCUT2D eigenvalue weighted by atomic mass is 16.6. The number of hydrogen-bond acceptors (Lipinski definition) is 4. The Morgan fingerprint density at radius 3 is 1.77 bits per heavy atom. The van der Waals surface area contributed by atoms with Crippen LogP contribution in [0.4, 0.5) is 0 Å². The molecule has 0 aromatic rings. The SMILES string of the molecule is CC(=O)CCN1C(=O)C2(CC(C)(C)NC(C)(C)C2)OC12CCCCCCCCCCC2. The highest BCUT2D eigenvalue weighted by Crippen LogP contribution is 2.50. The van der Waals surface area contributed by atoms with Crippen LogP contribution in [0.5, 0.6) is 0 Å². The van der Waals surface area contributed by atoms with Gasteiger partial charge >= 0.3 is 0 Å². The molecule has 0 aromatic carbocycles. The number of ketones is 1. The minimum absolute atomic E-state index is 0.128. The van der Waals surface area contributed by atoms with Crippen molar-refractivity contribution >= 4 is 11.7 Å². The van der Waals surface area contributed by atoms with Crippen molar-refractivity contribution in [3.8, 4) is 0 Å². The Morgan fingerprint density at radius 2 is 1.32 bits per heavy atom. The molecule has 0 aromatic heterocycles. The lowest BCUT2D eigenvalue weighted by atomic mass is 9.72. The zero-order valence-electron chi connectivity index (χ0n) is 20.8. The summed E-state index contributed by atoms with van der Waals surface area (Å²) in [5, 5.41) is 3.71. The Bertz CT molecular complexity index is 627. The van der Waals surface area contributed by atoms with E-state index in [9.17, 15) is 9.59 Å². The van der Waals surface area contributed by atoms with E-state index in [1.165, 1.54) is 44.9 Å². The first kappa shape index (κ1) is 24.7. The monoisotopic (exact) mass is 434 g/mol. The number of rotatable bonds is 3. The summed E-state index contributed by atoms with van der Waals surface area (Å²) in [5.74, 6) is 0.270. The molecule has 2 heterocycles. The minimum atomic E-state index is -0.786. The summed E-state index contributed by atoms with van der Waals surface area (Å²) in [6.45, 7) is 10.8. The molecule has 5 nitrogen and oxygen atoms in total. The average molecular weight is 435 g/mol. The van der Waals surface area contributed by atoms with Crippen molar-refractivity contribution in [3.63, 3.8) is 0 Å². The Hall–Kier alpha value is -0.940. The van der Waals surface area contributed by atoms with Gasteiger partial charge in [-0.2, -0.15) is 0 Å². The second-order valence-electron chi connectivity index (χ2n) is 11.9. The lowest BCUT2D eigenvalue weighted by Gasteiger charge is -2.50. The highest BCUT2D eigenvalue weighted by Gasteiger charge is 2.64. The first-order chi connectivity index (χ1) is 14.5. The summed E-state index contributed by atoms with van der Waals surface area (Å²) in [6, 6.07) is 0. The maximum atomic E-state index is 14.1. The number of hydrogen-bond donors (Lipinski definition) is 1. The number of carbonyl (C=O) groups excluding carboxylic acids is 2. The third-order valence-corrected chi connectivity index (χ3v) is 7.47. The topological polar surface area (TPSA) is 58.6 Å². The van der Waals surface area contributed by atoms with Crippen LogP contribution >= 0.6 is 0 Å². The van der Waals surface area contributed by atoms with Crippen LogP contribution in [0.1, 0.15) is 125 Å². The van der Waals surface area contributed by atoms with Crippen LogP contribution in [0, 0.1) is 0 Å². The second-order valence-corrected chi connectivity index (χ2v) is 11.9. The molecule has 31 heavy (non-hydrogen) atoms. The highest BCUT2D eigenvalue weighted by molar-refractivity contribution is 5.89. The van der Waals surface area contributed by atoms with Crippen molar-refractivity contribution in [2.24, 2.45) is 0 Å². The fourth-order valence-corrected chi connectivity index (χ4v) is 6.72. The molecule has 5 heteroatoms. The molecule has 2 spiro atoms. The van der Waals surface area contributed by atoms with E-state index in [0.717, 1.165) is 25.7 Å². The molecule has 0 unspecified atom stereocenters. The van der Waals surface area contributed by atoms with Gasteiger partial charge in [0.05, 0.1) is 0 Å². The van der Waals surface area contributed by atoms with Gasteiger partial charge in [0.25, 0.3) is 5.91 Å². The van der Waals surface area contributed by atoms with E-state index in [-0.39, 0.29) is 22.8 Å². The summed E-state index contributed by atoms with van der Waals surface area (Å²) >= 11 is 0. The summed E-state index contributed by atoms with van der Waals surface area (Å²) in [4.78, 5) is 28.0. The number of Topliss-reactive ketones (excluding diaryl/α,β-unsaturated/α-hetero) is 1. The van der Waals surface area contributed by atoms with E-state index in [1.54, 1.807) is 6.92 Å². The molecule has 178 valence electrons. The fraction of sp³-hybridized carbons (Fsp3) is 0.923. The van der Waals surface area contributed by atoms with Crippen LogP contribution in [0.2, 0.25) is 0 Å². The van der Waals surface area contributed by atoms with Crippen molar-refractivity contribution in [1.82, 2.24) is 10.2 Å². The van der Waals surface area contributed by atoms with Crippen molar-refractivity contribution in [3.05, 3.63) is 0 Å². The predicted molar refractivity (Wildman–Crippen MR) is 125 cm³/mol. The van der Waals surface area contributed by atoms with Crippen molar-refractivity contribution in [2.45, 2.75) is 147 Å². The lowest BCUT2D eigenvalue weighted by Crippen LogP contribution is -2.65. The standard InChI is InChI=1S/C26H46N2O3/c1-21(29)15-18-28-22(30)25(19-23(2,3)27-24(4,5)20-25)31-26(28)16-13-11-9-7-6-8-10-12-14-17-26/h27H,6-20H2,1-5H3. The normalized spacial score (nSPS) is 28.3. The van der Waals surface area contributed by atoms with Gasteiger partial charge in [-0.3, -0.25) is 9.59 Å². The van der Waals surface area contributed by atoms with Crippen LogP contribution < -0.4 is 5.32 Å². The van der Waals surface area contributed by atoms with Gasteiger partial charge in [-0.05, 0) is 60.3 Å². The third kappa shape index (κ3) is 5.90. The van der Waals surface area contributed by atoms with Crippen LogP contribution in [-0.4, -0.2) is 45.5 Å². The third-order valence-electron chi connectivity index (χ3n) is 7.47. The quantitative estimate of drug-likeness (QED) is 0.637. The molecule has 1 amide bonds. The number of piperidine rings is 1. The number of amides is 1. The van der Waals surface area contributed by atoms with Crippen molar-refractivity contribution in [1.29, 1.82) is 0 Å². The lowest BCUT2D eigenvalue weighted by molar-refractivity contribution is -0.176. The largest absolute Gasteiger partial charge is 0.339 e. The van der Waals surface area contributed by atoms with Crippen molar-refractivity contribution in [2.75, 3.05) is 6.54 Å². The molecular weight excluding hydrogens is 388 g/mol. The zero-order valence-corrected chi connectivity index (χ0v) is 20.8. The first-order valence-corrected chi connectivity index (χ1v) is 12.8. The van der Waals surface area contributed by atoms with E-state index in [0.29, 0.717) is 25.8 Å². The molecule has 0 bridgehead atoms. The molecule has 3 aliphatic rings. The predicted octanol–water partition coefficient (Wildman–Crippen LogP) is 5.50. The molecule has 1 saturated carbocycles. The zero-order chi connectivity index (χ0) is 22.8. The summed E-state index contributed by atoms with van der Waals surface area (Å²) < 4.78 is 7.08. The number of carbonyl (C=O) groups is 2. The Labute approximate surface area is 190 Å². The smallest absolute Gasteiger partial charge is 0.257 e. The second kappa shape index (κ2) is 9.51. The Morgan fingerprint density at radius 1 is 0.871 bits per heavy atom. The van der Waals surface area contributed by atoms with Crippen LogP contribution in [0.15, 0.2) is 0 Å². The van der Waals surface area contributed by atoms with Gasteiger partial charge in [-0.1, -0.05) is 44.9 Å². The van der Waals surface area contributed by atoms with Crippen LogP contribution in [0.25, 0.3) is 0 Å². The summed E-state index contributed by atoms with van der Waals surface area (Å²) in [7, 11) is 0. The molecule has 2 saturated heterocycles. The Kier molecular flexibility index (Phi) is 7.57. The molecule has 3 rings (SSSR count). The first-order valence-electron chi connectivity index (χ1n) is 12.8. The van der Waals surface area contributed by atoms with Gasteiger partial charge in [0.2, 0.25) is 0 Å². The summed E-state index contributed by atoms with van der Waals surface area (Å²) in [6.07, 6.45) is 14.7. The maximum absolute atomic E-state index is 14.1. The van der Waals surface area contributed by atoms with E-state index in [4.69, 9.17) is 4.74 Å². The van der Waals surface area contributed by atoms with Gasteiger partial charge in [0.15, 0.2) is 5.60 Å². The molecule has 0 atom stereocenters. The number of ether oxygens (including phenoxy) is 1. The maximum Gasteiger partial charge on any atom is 0.257 e. The average Bonchev–Trinajstić information content (AvgIpc) is 2.81. The molecule has 1 N–H and O–H groups in total. The van der Waals surface area contributed by atoms with E-state index >= 15 is 0 Å². The molecule has 3 fully saturated rings. The van der Waals surface area contributed by atoms with E-state index in [2.05, 4.69) is 33.0 Å². The molecule has 1 aliphatic carbocycles. The molecule has 0 radical (unpaired) electrons. The van der Waals surface area contributed by atoms with E-state index < -0.39 is 11.3 Å². The number of nitrogens with zero attached hydrogens (tertiary/aromatic N) is 1. The van der Waals surface area contributed by atoms with Crippen LogP contribution in [-0.2, 0) is 14.3 Å².